The van der Waals surface area contributed by atoms with Crippen LogP contribution in [-0.4, -0.2) is 67.4 Å². The van der Waals surface area contributed by atoms with Crippen LogP contribution in [0.25, 0.3) is 0 Å². The molecule has 0 bridgehead atoms. The maximum Gasteiger partial charge on any atom is 0.261 e. The van der Waals surface area contributed by atoms with Gasteiger partial charge in [0.25, 0.3) is 11.8 Å². The van der Waals surface area contributed by atoms with Gasteiger partial charge in [0.2, 0.25) is 5.91 Å². The molecule has 7 nitrogen and oxygen atoms in total. The molecule has 156 valence electrons. The van der Waals surface area contributed by atoms with Crippen LogP contribution in [0, 0.1) is 0 Å². The molecule has 2 aromatic carbocycles. The minimum atomic E-state index is -0.269. The summed E-state index contributed by atoms with van der Waals surface area (Å²) < 4.78 is 5.28. The van der Waals surface area contributed by atoms with E-state index < -0.39 is 0 Å². The lowest BCUT2D eigenvalue weighted by atomic mass is 10.1. The highest BCUT2D eigenvalue weighted by atomic mass is 16.5. The Bertz CT molecular complexity index is 931. The fraction of sp³-hybridized carbons (Fsp3) is 0.348. The quantitative estimate of drug-likeness (QED) is 0.688. The van der Waals surface area contributed by atoms with Gasteiger partial charge in [-0.2, -0.15) is 0 Å². The second-order valence-electron chi connectivity index (χ2n) is 7.48. The molecule has 0 atom stereocenters. The van der Waals surface area contributed by atoms with Crippen molar-refractivity contribution in [2.45, 2.75) is 12.8 Å². The lowest BCUT2D eigenvalue weighted by molar-refractivity contribution is -0.131. The molecule has 4 rings (SSSR count). The van der Waals surface area contributed by atoms with E-state index in [4.69, 9.17) is 4.74 Å². The number of piperazine rings is 1. The number of carbonyl (C=O) groups excluding carboxylic acids is 3. The number of benzene rings is 2. The summed E-state index contributed by atoms with van der Waals surface area (Å²) in [5.41, 5.74) is 1.98. The van der Waals surface area contributed by atoms with E-state index in [1.807, 2.05) is 29.2 Å². The summed E-state index contributed by atoms with van der Waals surface area (Å²) in [5.74, 6) is 0.348. The zero-order valence-corrected chi connectivity index (χ0v) is 17.0. The molecule has 1 fully saturated rings. The van der Waals surface area contributed by atoms with Gasteiger partial charge in [0, 0.05) is 50.9 Å². The first-order chi connectivity index (χ1) is 14.6. The first-order valence-electron chi connectivity index (χ1n) is 10.2. The van der Waals surface area contributed by atoms with E-state index in [0.717, 1.165) is 24.5 Å². The largest absolute Gasteiger partial charge is 0.497 e. The van der Waals surface area contributed by atoms with E-state index in [-0.39, 0.29) is 24.3 Å². The van der Waals surface area contributed by atoms with Crippen LogP contribution in [0.15, 0.2) is 48.5 Å². The Balaban J connectivity index is 1.25. The van der Waals surface area contributed by atoms with Crippen LogP contribution in [0.2, 0.25) is 0 Å². The molecule has 0 unspecified atom stereocenters. The zero-order chi connectivity index (χ0) is 21.1. The maximum atomic E-state index is 12.6. The number of ether oxygens (including phenoxy) is 1. The number of imide groups is 1. The average molecular weight is 407 g/mol. The van der Waals surface area contributed by atoms with E-state index in [0.29, 0.717) is 37.1 Å². The zero-order valence-electron chi connectivity index (χ0n) is 17.0. The number of fused-ring (bicyclic) bond motifs is 1. The number of hydrogen-bond acceptors (Lipinski definition) is 5. The number of nitrogens with zero attached hydrogens (tertiary/aromatic N) is 3. The van der Waals surface area contributed by atoms with Crippen LogP contribution in [0.1, 0.15) is 33.6 Å². The summed E-state index contributed by atoms with van der Waals surface area (Å²) in [6.07, 6.45) is 0.799. The number of rotatable bonds is 6. The lowest BCUT2D eigenvalue weighted by Gasteiger charge is -2.36. The number of methoxy groups -OCH3 is 1. The van der Waals surface area contributed by atoms with Gasteiger partial charge in [-0.25, -0.2) is 0 Å². The third-order valence-electron chi connectivity index (χ3n) is 5.70. The molecule has 7 heteroatoms. The molecule has 0 aliphatic carbocycles. The first kappa shape index (κ1) is 19.9. The third-order valence-corrected chi connectivity index (χ3v) is 5.70. The molecule has 0 radical (unpaired) electrons. The highest BCUT2D eigenvalue weighted by Crippen LogP contribution is 2.24. The van der Waals surface area contributed by atoms with E-state index >= 15 is 0 Å². The molecular formula is C23H25N3O4. The van der Waals surface area contributed by atoms with Gasteiger partial charge < -0.3 is 14.5 Å². The Morgan fingerprint density at radius 1 is 0.933 bits per heavy atom. The van der Waals surface area contributed by atoms with Crippen LogP contribution in [-0.2, 0) is 4.79 Å². The van der Waals surface area contributed by atoms with Gasteiger partial charge in [0.1, 0.15) is 5.75 Å². The van der Waals surface area contributed by atoms with E-state index in [9.17, 15) is 14.4 Å². The third kappa shape index (κ3) is 3.87. The number of carbonyl (C=O) groups is 3. The predicted octanol–water partition coefficient (Wildman–Crippen LogP) is 2.42. The van der Waals surface area contributed by atoms with Crippen LogP contribution in [0.3, 0.4) is 0 Å². The molecule has 0 aromatic heterocycles. The summed E-state index contributed by atoms with van der Waals surface area (Å²) in [7, 11) is 1.65. The minimum Gasteiger partial charge on any atom is -0.497 e. The highest BCUT2D eigenvalue weighted by Gasteiger charge is 2.34. The van der Waals surface area contributed by atoms with Crippen molar-refractivity contribution in [2.24, 2.45) is 0 Å². The molecule has 1 saturated heterocycles. The second kappa shape index (κ2) is 8.57. The Hall–Kier alpha value is -3.35. The van der Waals surface area contributed by atoms with Gasteiger partial charge in [0.05, 0.1) is 18.2 Å². The average Bonchev–Trinajstić information content (AvgIpc) is 3.04. The van der Waals surface area contributed by atoms with Crippen molar-refractivity contribution in [3.63, 3.8) is 0 Å². The van der Waals surface area contributed by atoms with E-state index in [1.54, 1.807) is 31.4 Å². The summed E-state index contributed by atoms with van der Waals surface area (Å²) >= 11 is 0. The van der Waals surface area contributed by atoms with Gasteiger partial charge in [0.15, 0.2) is 0 Å². The van der Waals surface area contributed by atoms with Crippen LogP contribution in [0.4, 0.5) is 5.69 Å². The van der Waals surface area contributed by atoms with E-state index in [2.05, 4.69) is 4.90 Å². The molecule has 2 aliphatic rings. The van der Waals surface area contributed by atoms with Crippen LogP contribution in [0.5, 0.6) is 5.75 Å². The first-order valence-corrected chi connectivity index (χ1v) is 10.2. The van der Waals surface area contributed by atoms with Crippen molar-refractivity contribution in [1.82, 2.24) is 9.80 Å². The Morgan fingerprint density at radius 3 is 2.23 bits per heavy atom. The van der Waals surface area contributed by atoms with Gasteiger partial charge in [-0.15, -0.1) is 0 Å². The van der Waals surface area contributed by atoms with Gasteiger partial charge in [-0.1, -0.05) is 18.2 Å². The van der Waals surface area contributed by atoms with Crippen molar-refractivity contribution in [3.05, 3.63) is 59.7 Å². The lowest BCUT2D eigenvalue weighted by Crippen LogP contribution is -2.48. The van der Waals surface area contributed by atoms with Crippen molar-refractivity contribution >= 4 is 23.4 Å². The van der Waals surface area contributed by atoms with Crippen molar-refractivity contribution < 1.29 is 19.1 Å². The number of amides is 3. The van der Waals surface area contributed by atoms with Crippen LogP contribution < -0.4 is 9.64 Å². The summed E-state index contributed by atoms with van der Waals surface area (Å²) in [4.78, 5) is 42.7. The number of anilines is 1. The number of hydrogen-bond donors (Lipinski definition) is 0. The monoisotopic (exact) mass is 407 g/mol. The van der Waals surface area contributed by atoms with Crippen LogP contribution >= 0.6 is 0 Å². The highest BCUT2D eigenvalue weighted by molar-refractivity contribution is 6.21. The van der Waals surface area contributed by atoms with E-state index in [1.165, 1.54) is 4.90 Å². The fourth-order valence-corrected chi connectivity index (χ4v) is 4.01. The molecule has 30 heavy (non-hydrogen) atoms. The minimum absolute atomic E-state index is 0.0666. The fourth-order valence-electron chi connectivity index (χ4n) is 4.01. The SMILES string of the molecule is COc1cccc(N2CCN(C(=O)CCCN3C(=O)c4ccccc4C3=O)CC2)c1. The molecule has 0 spiro atoms. The Labute approximate surface area is 175 Å². The molecule has 0 N–H and O–H groups in total. The second-order valence-corrected chi connectivity index (χ2v) is 7.48. The maximum absolute atomic E-state index is 12.6. The Morgan fingerprint density at radius 2 is 1.60 bits per heavy atom. The molecule has 2 aromatic rings. The smallest absolute Gasteiger partial charge is 0.261 e. The van der Waals surface area contributed by atoms with Crippen molar-refractivity contribution in [3.8, 4) is 5.75 Å². The predicted molar refractivity (Wildman–Crippen MR) is 113 cm³/mol. The topological polar surface area (TPSA) is 70.2 Å². The molecule has 2 heterocycles. The summed E-state index contributed by atoms with van der Waals surface area (Å²) in [6.45, 7) is 3.10. The molecular weight excluding hydrogens is 382 g/mol. The summed E-state index contributed by atoms with van der Waals surface area (Å²) in [6, 6.07) is 14.8. The van der Waals surface area contributed by atoms with Crippen molar-refractivity contribution in [2.75, 3.05) is 44.7 Å². The van der Waals surface area contributed by atoms with Crippen molar-refractivity contribution in [1.29, 1.82) is 0 Å². The molecule has 2 aliphatic heterocycles. The molecule has 0 saturated carbocycles. The Kier molecular flexibility index (Phi) is 5.70. The normalized spacial score (nSPS) is 16.1. The van der Waals surface area contributed by atoms with Gasteiger partial charge in [-0.3, -0.25) is 19.3 Å². The summed E-state index contributed by atoms with van der Waals surface area (Å²) in [5, 5.41) is 0. The molecule has 3 amide bonds. The van der Waals surface area contributed by atoms with Gasteiger partial charge >= 0.3 is 0 Å². The standard InChI is InChI=1S/C23H25N3O4/c1-30-18-7-4-6-17(16-18)24-12-14-25(15-13-24)21(27)10-5-11-26-22(28)19-8-2-3-9-20(19)23(26)29/h2-4,6-9,16H,5,10-15H2,1H3. The van der Waals surface area contributed by atoms with Gasteiger partial charge in [-0.05, 0) is 30.7 Å².